The van der Waals surface area contributed by atoms with Gasteiger partial charge in [0.25, 0.3) is 0 Å². The van der Waals surface area contributed by atoms with Gasteiger partial charge in [0.1, 0.15) is 18.3 Å². The van der Waals surface area contributed by atoms with Crippen molar-refractivity contribution in [3.05, 3.63) is 0 Å². The lowest BCUT2D eigenvalue weighted by Gasteiger charge is -2.22. The molecule has 0 bridgehead atoms. The molecule has 0 aromatic carbocycles. The van der Waals surface area contributed by atoms with E-state index in [0.29, 0.717) is 0 Å². The van der Waals surface area contributed by atoms with Gasteiger partial charge in [-0.1, -0.05) is 0 Å². The van der Waals surface area contributed by atoms with E-state index in [1.165, 1.54) is 0 Å². The largest absolute Gasteiger partial charge is 0.469 e. The first-order chi connectivity index (χ1) is 8.19. The molecule has 0 unspecified atom stereocenters. The van der Waals surface area contributed by atoms with Crippen LogP contribution >= 0.6 is 0 Å². The van der Waals surface area contributed by atoms with Gasteiger partial charge in [0.2, 0.25) is 0 Å². The number of carbonyl (C=O) groups is 3. The third-order valence-electron chi connectivity index (χ3n) is 1.81. The first kappa shape index (κ1) is 16.3. The third-order valence-corrected chi connectivity index (χ3v) is 1.81. The summed E-state index contributed by atoms with van der Waals surface area (Å²) in [7, 11) is 1.13. The average molecular weight is 263 g/mol. The minimum absolute atomic E-state index is 0.432. The first-order valence-electron chi connectivity index (χ1n) is 5.34. The van der Waals surface area contributed by atoms with E-state index in [1.54, 1.807) is 20.8 Å². The maximum atomic E-state index is 12.3. The Morgan fingerprint density at radius 3 is 2.22 bits per heavy atom. The van der Waals surface area contributed by atoms with Crippen molar-refractivity contribution in [1.29, 1.82) is 0 Å². The molecule has 7 heteroatoms. The summed E-state index contributed by atoms with van der Waals surface area (Å²) in [5.74, 6) is -1.64. The van der Waals surface area contributed by atoms with Crippen molar-refractivity contribution in [2.75, 3.05) is 13.8 Å². The molecule has 18 heavy (non-hydrogen) atoms. The minimum atomic E-state index is -1.28. The number of halogens is 1. The van der Waals surface area contributed by atoms with Crippen LogP contribution < -0.4 is 5.32 Å². The molecule has 1 amide bonds. The van der Waals surface area contributed by atoms with Gasteiger partial charge in [0, 0.05) is 0 Å². The van der Waals surface area contributed by atoms with Crippen molar-refractivity contribution in [3.8, 4) is 0 Å². The maximum absolute atomic E-state index is 12.3. The monoisotopic (exact) mass is 263 g/mol. The van der Waals surface area contributed by atoms with Gasteiger partial charge in [-0.05, 0) is 20.8 Å². The first-order valence-corrected chi connectivity index (χ1v) is 5.34. The van der Waals surface area contributed by atoms with Crippen LogP contribution in [0.4, 0.5) is 9.18 Å². The van der Waals surface area contributed by atoms with E-state index >= 15 is 0 Å². The van der Waals surface area contributed by atoms with Gasteiger partial charge < -0.3 is 14.8 Å². The number of hydrogen-bond acceptors (Lipinski definition) is 5. The van der Waals surface area contributed by atoms with Crippen LogP contribution in [0.5, 0.6) is 0 Å². The Morgan fingerprint density at radius 1 is 1.28 bits per heavy atom. The molecule has 0 aliphatic carbocycles. The molecule has 6 nitrogen and oxygen atoms in total. The molecule has 0 saturated carbocycles. The van der Waals surface area contributed by atoms with E-state index in [-0.39, 0.29) is 0 Å². The fourth-order valence-electron chi connectivity index (χ4n) is 1.04. The highest BCUT2D eigenvalue weighted by molar-refractivity contribution is 5.91. The molecule has 0 heterocycles. The molecule has 104 valence electrons. The summed E-state index contributed by atoms with van der Waals surface area (Å²) in [4.78, 5) is 33.6. The smallest absolute Gasteiger partial charge is 0.408 e. The molecule has 1 N–H and O–H groups in total. The second-order valence-corrected chi connectivity index (χ2v) is 4.58. The number of Topliss-reactive ketones (excluding diaryl/α,β-unsaturated/α-hetero) is 1. The summed E-state index contributed by atoms with van der Waals surface area (Å²) >= 11 is 0. The molecule has 1 atom stereocenters. The molecule has 0 spiro atoms. The lowest BCUT2D eigenvalue weighted by Crippen LogP contribution is -2.45. The molecule has 0 rings (SSSR count). The quantitative estimate of drug-likeness (QED) is 0.748. The Bertz CT molecular complexity index is 324. The standard InChI is InChI=1S/C11H18FNO5/c1-11(2,3)18-10(16)13-7(8(14)6-12)5-9(15)17-4/h7H,5-6H2,1-4H3,(H,13,16)/t7-/m0/s1. The third kappa shape index (κ3) is 6.82. The number of hydrogen-bond donors (Lipinski definition) is 1. The number of carbonyl (C=O) groups excluding carboxylic acids is 3. The second kappa shape index (κ2) is 6.93. The Hall–Kier alpha value is -1.66. The van der Waals surface area contributed by atoms with Crippen molar-refractivity contribution >= 4 is 17.8 Å². The van der Waals surface area contributed by atoms with E-state index in [2.05, 4.69) is 10.1 Å². The summed E-state index contributed by atoms with van der Waals surface area (Å²) in [5, 5.41) is 2.14. The number of methoxy groups -OCH3 is 1. The lowest BCUT2D eigenvalue weighted by molar-refractivity contribution is -0.142. The van der Waals surface area contributed by atoms with E-state index in [0.717, 1.165) is 7.11 Å². The molecule has 0 fully saturated rings. The highest BCUT2D eigenvalue weighted by Gasteiger charge is 2.26. The van der Waals surface area contributed by atoms with Crippen LogP contribution in [-0.2, 0) is 19.1 Å². The highest BCUT2D eigenvalue weighted by atomic mass is 19.1. The maximum Gasteiger partial charge on any atom is 0.408 e. The van der Waals surface area contributed by atoms with Gasteiger partial charge in [0.15, 0.2) is 5.78 Å². The highest BCUT2D eigenvalue weighted by Crippen LogP contribution is 2.07. The zero-order valence-electron chi connectivity index (χ0n) is 10.9. The van der Waals surface area contributed by atoms with Gasteiger partial charge >= 0.3 is 12.1 Å². The number of ether oxygens (including phenoxy) is 2. The number of amides is 1. The minimum Gasteiger partial charge on any atom is -0.469 e. The van der Waals surface area contributed by atoms with Crippen LogP contribution in [0.3, 0.4) is 0 Å². The number of nitrogens with one attached hydrogen (secondary N) is 1. The van der Waals surface area contributed by atoms with E-state index < -0.39 is 42.6 Å². The molecule has 0 aromatic heterocycles. The van der Waals surface area contributed by atoms with Crippen molar-refractivity contribution < 1.29 is 28.2 Å². The molecule has 0 aliphatic rings. The summed E-state index contributed by atoms with van der Waals surface area (Å²) < 4.78 is 21.5. The van der Waals surface area contributed by atoms with Gasteiger partial charge in [-0.3, -0.25) is 9.59 Å². The van der Waals surface area contributed by atoms with Crippen LogP contribution in [0.2, 0.25) is 0 Å². The molecule has 0 radical (unpaired) electrons. The summed E-state index contributed by atoms with van der Waals surface area (Å²) in [6, 6.07) is -1.28. The van der Waals surface area contributed by atoms with Crippen molar-refractivity contribution in [3.63, 3.8) is 0 Å². The van der Waals surface area contributed by atoms with Crippen LogP contribution in [-0.4, -0.2) is 43.3 Å². The molecule has 0 aliphatic heterocycles. The topological polar surface area (TPSA) is 81.7 Å². The van der Waals surface area contributed by atoms with Crippen molar-refractivity contribution in [1.82, 2.24) is 5.32 Å². The van der Waals surface area contributed by atoms with Crippen LogP contribution in [0.1, 0.15) is 27.2 Å². The van der Waals surface area contributed by atoms with E-state index in [9.17, 15) is 18.8 Å². The number of esters is 1. The van der Waals surface area contributed by atoms with Crippen molar-refractivity contribution in [2.45, 2.75) is 38.8 Å². The van der Waals surface area contributed by atoms with Gasteiger partial charge in [-0.25, -0.2) is 9.18 Å². The molecular weight excluding hydrogens is 245 g/mol. The number of alkyl halides is 1. The average Bonchev–Trinajstić information content (AvgIpc) is 2.24. The number of alkyl carbamates (subject to hydrolysis) is 1. The fraction of sp³-hybridized carbons (Fsp3) is 0.727. The Kier molecular flexibility index (Phi) is 6.29. The Balaban J connectivity index is 4.55. The zero-order valence-corrected chi connectivity index (χ0v) is 10.9. The van der Waals surface area contributed by atoms with E-state index in [1.807, 2.05) is 0 Å². The number of ketones is 1. The zero-order chi connectivity index (χ0) is 14.3. The summed E-state index contributed by atoms with van der Waals surface area (Å²) in [6.07, 6.45) is -1.32. The normalized spacial score (nSPS) is 12.5. The summed E-state index contributed by atoms with van der Waals surface area (Å²) in [6.45, 7) is 3.63. The van der Waals surface area contributed by atoms with Crippen molar-refractivity contribution in [2.24, 2.45) is 0 Å². The van der Waals surface area contributed by atoms with Crippen LogP contribution in [0, 0.1) is 0 Å². The van der Waals surface area contributed by atoms with Gasteiger partial charge in [-0.2, -0.15) is 0 Å². The van der Waals surface area contributed by atoms with Gasteiger partial charge in [-0.15, -0.1) is 0 Å². The Morgan fingerprint density at radius 2 is 1.83 bits per heavy atom. The predicted octanol–water partition coefficient (Wildman–Crippen LogP) is 0.981. The fourth-order valence-corrected chi connectivity index (χ4v) is 1.04. The molecular formula is C11H18FNO5. The van der Waals surface area contributed by atoms with E-state index in [4.69, 9.17) is 4.74 Å². The molecule has 0 aromatic rings. The van der Waals surface area contributed by atoms with Crippen LogP contribution in [0.25, 0.3) is 0 Å². The Labute approximate surface area is 105 Å². The van der Waals surface area contributed by atoms with Crippen LogP contribution in [0.15, 0.2) is 0 Å². The predicted molar refractivity (Wildman–Crippen MR) is 60.8 cm³/mol. The molecule has 0 saturated heterocycles. The summed E-state index contributed by atoms with van der Waals surface area (Å²) in [5.41, 5.74) is -0.751. The second-order valence-electron chi connectivity index (χ2n) is 4.58. The lowest BCUT2D eigenvalue weighted by atomic mass is 10.1. The van der Waals surface area contributed by atoms with Gasteiger partial charge in [0.05, 0.1) is 13.5 Å². The number of rotatable bonds is 5. The SMILES string of the molecule is COC(=O)C[C@H](NC(=O)OC(C)(C)C)C(=O)CF.